The third kappa shape index (κ3) is 4.14. The second-order valence-electron chi connectivity index (χ2n) is 6.86. The number of carbonyl (C=O) groups excluding carboxylic acids is 1. The summed E-state index contributed by atoms with van der Waals surface area (Å²) in [7, 11) is 0. The Labute approximate surface area is 173 Å². The summed E-state index contributed by atoms with van der Waals surface area (Å²) < 4.78 is 1.87. The van der Waals surface area contributed by atoms with Crippen molar-refractivity contribution in [1.82, 2.24) is 20.4 Å². The van der Waals surface area contributed by atoms with Crippen molar-refractivity contribution in [3.8, 4) is 5.69 Å². The van der Waals surface area contributed by atoms with Crippen molar-refractivity contribution in [2.45, 2.75) is 38.8 Å². The first kappa shape index (κ1) is 20.1. The van der Waals surface area contributed by atoms with E-state index in [4.69, 9.17) is 11.6 Å². The third-order valence-corrected chi connectivity index (χ3v) is 6.12. The van der Waals surface area contributed by atoms with Gasteiger partial charge in [-0.15, -0.1) is 23.7 Å². The zero-order valence-corrected chi connectivity index (χ0v) is 17.5. The molecular formula is C19H22Cl2N4OS. The van der Waals surface area contributed by atoms with E-state index in [0.717, 1.165) is 45.9 Å². The molecule has 1 fully saturated rings. The predicted molar refractivity (Wildman–Crippen MR) is 114 cm³/mol. The number of nitrogens with one attached hydrogen (secondary N) is 2. The van der Waals surface area contributed by atoms with Gasteiger partial charge in [-0.05, 0) is 57.5 Å². The molecule has 1 saturated heterocycles. The van der Waals surface area contributed by atoms with Gasteiger partial charge in [-0.1, -0.05) is 17.7 Å². The first-order valence-corrected chi connectivity index (χ1v) is 10.00. The molecule has 1 aliphatic rings. The van der Waals surface area contributed by atoms with Crippen LogP contribution >= 0.6 is 35.3 Å². The zero-order chi connectivity index (χ0) is 18.3. The monoisotopic (exact) mass is 424 g/mol. The van der Waals surface area contributed by atoms with E-state index in [1.807, 2.05) is 41.9 Å². The summed E-state index contributed by atoms with van der Waals surface area (Å²) in [6.07, 6.45) is 1.93. The molecule has 2 aromatic heterocycles. The summed E-state index contributed by atoms with van der Waals surface area (Å²) in [6.45, 7) is 5.06. The number of carbonyl (C=O) groups is 1. The number of amides is 1. The van der Waals surface area contributed by atoms with E-state index < -0.39 is 0 Å². The van der Waals surface area contributed by atoms with Gasteiger partial charge in [-0.2, -0.15) is 5.10 Å². The van der Waals surface area contributed by atoms with E-state index in [9.17, 15) is 4.79 Å². The number of benzene rings is 1. The van der Waals surface area contributed by atoms with Crippen molar-refractivity contribution in [3.63, 3.8) is 0 Å². The molecule has 2 unspecified atom stereocenters. The maximum absolute atomic E-state index is 12.7. The lowest BCUT2D eigenvalue weighted by Crippen LogP contribution is -2.46. The van der Waals surface area contributed by atoms with Crippen LogP contribution in [0.25, 0.3) is 15.9 Å². The molecule has 2 atom stereocenters. The number of halogens is 2. The number of aromatic nitrogens is 2. The molecule has 144 valence electrons. The van der Waals surface area contributed by atoms with Crippen LogP contribution in [0.1, 0.15) is 35.1 Å². The van der Waals surface area contributed by atoms with E-state index in [0.29, 0.717) is 11.1 Å². The van der Waals surface area contributed by atoms with Gasteiger partial charge in [-0.3, -0.25) is 4.79 Å². The molecule has 2 N–H and O–H groups in total. The molecule has 0 bridgehead atoms. The Kier molecular flexibility index (Phi) is 6.11. The van der Waals surface area contributed by atoms with E-state index in [1.165, 1.54) is 11.3 Å². The second kappa shape index (κ2) is 8.19. The average molecular weight is 425 g/mol. The van der Waals surface area contributed by atoms with Crippen LogP contribution in [0.3, 0.4) is 0 Å². The van der Waals surface area contributed by atoms with Crippen molar-refractivity contribution >= 4 is 51.5 Å². The molecule has 1 amide bonds. The number of nitrogens with zero attached hydrogens (tertiary/aromatic N) is 2. The van der Waals surface area contributed by atoms with Gasteiger partial charge in [0.25, 0.3) is 5.91 Å². The molecule has 27 heavy (non-hydrogen) atoms. The molecule has 3 aromatic rings. The third-order valence-electron chi connectivity index (χ3n) is 4.78. The highest BCUT2D eigenvalue weighted by atomic mass is 35.5. The Morgan fingerprint density at radius 1 is 1.41 bits per heavy atom. The fourth-order valence-electron chi connectivity index (χ4n) is 3.46. The number of thiophene rings is 1. The molecule has 0 saturated carbocycles. The highest BCUT2D eigenvalue weighted by Crippen LogP contribution is 2.31. The van der Waals surface area contributed by atoms with Crippen molar-refractivity contribution < 1.29 is 4.79 Å². The summed E-state index contributed by atoms with van der Waals surface area (Å²) >= 11 is 7.59. The van der Waals surface area contributed by atoms with Gasteiger partial charge in [0, 0.05) is 22.5 Å². The molecule has 0 radical (unpaired) electrons. The summed E-state index contributed by atoms with van der Waals surface area (Å²) in [5, 5.41) is 12.9. The first-order chi connectivity index (χ1) is 12.5. The molecule has 8 heteroatoms. The summed E-state index contributed by atoms with van der Waals surface area (Å²) in [5.41, 5.74) is 1.81. The second-order valence-corrected chi connectivity index (χ2v) is 8.32. The minimum absolute atomic E-state index is 0. The van der Waals surface area contributed by atoms with E-state index >= 15 is 0 Å². The van der Waals surface area contributed by atoms with E-state index in [2.05, 4.69) is 22.7 Å². The molecule has 1 aromatic carbocycles. The van der Waals surface area contributed by atoms with Gasteiger partial charge in [0.15, 0.2) is 0 Å². The van der Waals surface area contributed by atoms with Crippen LogP contribution in [-0.4, -0.2) is 34.3 Å². The molecule has 5 nitrogen and oxygen atoms in total. The number of piperidine rings is 1. The highest BCUT2D eigenvalue weighted by Gasteiger charge is 2.22. The Morgan fingerprint density at radius 2 is 2.22 bits per heavy atom. The highest BCUT2D eigenvalue weighted by molar-refractivity contribution is 7.20. The fraction of sp³-hybridized carbons (Fsp3) is 0.368. The average Bonchev–Trinajstić information content (AvgIpc) is 3.16. The topological polar surface area (TPSA) is 59.0 Å². The van der Waals surface area contributed by atoms with Crippen molar-refractivity contribution in [2.75, 3.05) is 6.54 Å². The van der Waals surface area contributed by atoms with Crippen LogP contribution in [0.2, 0.25) is 5.02 Å². The van der Waals surface area contributed by atoms with Crippen LogP contribution in [0.4, 0.5) is 0 Å². The van der Waals surface area contributed by atoms with Gasteiger partial charge < -0.3 is 10.6 Å². The van der Waals surface area contributed by atoms with Gasteiger partial charge in [0.05, 0.1) is 16.3 Å². The van der Waals surface area contributed by atoms with Gasteiger partial charge in [0.2, 0.25) is 0 Å². The lowest BCUT2D eigenvalue weighted by molar-refractivity contribution is 0.0930. The largest absolute Gasteiger partial charge is 0.349 e. The van der Waals surface area contributed by atoms with Crippen molar-refractivity contribution in [1.29, 1.82) is 0 Å². The Hall–Kier alpha value is -1.60. The van der Waals surface area contributed by atoms with Crippen LogP contribution in [0.15, 0.2) is 30.3 Å². The van der Waals surface area contributed by atoms with Gasteiger partial charge in [-0.25, -0.2) is 4.68 Å². The number of hydrogen-bond acceptors (Lipinski definition) is 4. The fourth-order valence-corrected chi connectivity index (χ4v) is 4.73. The van der Waals surface area contributed by atoms with E-state index in [-0.39, 0.29) is 24.4 Å². The molecule has 0 spiro atoms. The lowest BCUT2D eigenvalue weighted by atomic mass is 10.0. The number of hydrogen-bond donors (Lipinski definition) is 2. The summed E-state index contributed by atoms with van der Waals surface area (Å²) in [5.74, 6) is 0.00217. The maximum atomic E-state index is 12.7. The minimum Gasteiger partial charge on any atom is -0.349 e. The zero-order valence-electron chi connectivity index (χ0n) is 15.2. The Balaban J connectivity index is 0.00000210. The lowest BCUT2D eigenvalue weighted by Gasteiger charge is -2.28. The number of rotatable bonds is 3. The standard InChI is InChI=1S/C19H21ClN4OS.ClH/c1-11-8-14(6-7-21-11)22-18(25)17-10-16-12(2)23-24(19(16)26-17)15-5-3-4-13(20)9-15;/h3-5,9-11,14,21H,6-8H2,1-2H3,(H,22,25);1H. The summed E-state index contributed by atoms with van der Waals surface area (Å²) in [4.78, 5) is 14.4. The van der Waals surface area contributed by atoms with Gasteiger partial charge in [0.1, 0.15) is 4.83 Å². The normalized spacial score (nSPS) is 19.7. The maximum Gasteiger partial charge on any atom is 0.261 e. The van der Waals surface area contributed by atoms with Crippen LogP contribution < -0.4 is 10.6 Å². The molecule has 0 aliphatic carbocycles. The van der Waals surface area contributed by atoms with Crippen LogP contribution in [-0.2, 0) is 0 Å². The van der Waals surface area contributed by atoms with E-state index in [1.54, 1.807) is 0 Å². The first-order valence-electron chi connectivity index (χ1n) is 8.80. The molecule has 1 aliphatic heterocycles. The number of aryl methyl sites for hydroxylation is 1. The SMILES string of the molecule is Cc1nn(-c2cccc(Cl)c2)c2sc(C(=O)NC3CCNC(C)C3)cc12.Cl. The summed E-state index contributed by atoms with van der Waals surface area (Å²) in [6, 6.07) is 10.2. The van der Waals surface area contributed by atoms with Gasteiger partial charge >= 0.3 is 0 Å². The predicted octanol–water partition coefficient (Wildman–Crippen LogP) is 4.34. The quantitative estimate of drug-likeness (QED) is 0.657. The molecule has 3 heterocycles. The molecular weight excluding hydrogens is 403 g/mol. The molecule has 4 rings (SSSR count). The Morgan fingerprint density at radius 3 is 2.96 bits per heavy atom. The minimum atomic E-state index is 0. The van der Waals surface area contributed by atoms with Crippen LogP contribution in [0.5, 0.6) is 0 Å². The smallest absolute Gasteiger partial charge is 0.261 e. The van der Waals surface area contributed by atoms with Crippen LogP contribution in [0, 0.1) is 6.92 Å². The Bertz CT molecular complexity index is 968. The van der Waals surface area contributed by atoms with Crippen molar-refractivity contribution in [3.05, 3.63) is 45.9 Å². The van der Waals surface area contributed by atoms with Crippen molar-refractivity contribution in [2.24, 2.45) is 0 Å². The number of fused-ring (bicyclic) bond motifs is 1.